The Labute approximate surface area is 121 Å². The Morgan fingerprint density at radius 2 is 1.81 bits per heavy atom. The van der Waals surface area contributed by atoms with E-state index in [2.05, 4.69) is 0 Å². The minimum atomic E-state index is -0.507. The topological polar surface area (TPSA) is 83.7 Å². The van der Waals surface area contributed by atoms with Crippen LogP contribution in [0.5, 0.6) is 5.75 Å². The van der Waals surface area contributed by atoms with E-state index in [1.807, 2.05) is 0 Å². The molecular formula is C15H14N2O4. The Bertz CT molecular complexity index is 695. The summed E-state index contributed by atoms with van der Waals surface area (Å²) < 4.78 is 0. The van der Waals surface area contributed by atoms with Crippen LogP contribution in [0.4, 0.5) is 11.4 Å². The second-order valence-electron chi connectivity index (χ2n) is 4.59. The van der Waals surface area contributed by atoms with Crippen molar-refractivity contribution in [3.63, 3.8) is 0 Å². The quantitative estimate of drug-likeness (QED) is 0.694. The number of carbonyl (C=O) groups is 1. The van der Waals surface area contributed by atoms with E-state index in [1.54, 1.807) is 32.2 Å². The number of rotatable bonds is 3. The maximum Gasteiger partial charge on any atom is 0.273 e. The first-order chi connectivity index (χ1) is 9.91. The molecule has 0 heterocycles. The predicted molar refractivity (Wildman–Crippen MR) is 78.7 cm³/mol. The van der Waals surface area contributed by atoms with Crippen molar-refractivity contribution >= 4 is 17.3 Å². The van der Waals surface area contributed by atoms with Crippen molar-refractivity contribution in [1.82, 2.24) is 0 Å². The van der Waals surface area contributed by atoms with E-state index in [4.69, 9.17) is 0 Å². The molecule has 0 aliphatic heterocycles. The molecule has 0 aliphatic carbocycles. The molecule has 1 amide bonds. The molecule has 2 rings (SSSR count). The maximum absolute atomic E-state index is 12.5. The van der Waals surface area contributed by atoms with E-state index in [-0.39, 0.29) is 22.9 Å². The van der Waals surface area contributed by atoms with Gasteiger partial charge in [-0.2, -0.15) is 0 Å². The molecule has 0 saturated carbocycles. The molecule has 0 radical (unpaired) electrons. The lowest BCUT2D eigenvalue weighted by molar-refractivity contribution is -0.385. The maximum atomic E-state index is 12.5. The van der Waals surface area contributed by atoms with Gasteiger partial charge in [-0.1, -0.05) is 6.07 Å². The fraction of sp³-hybridized carbons (Fsp3) is 0.133. The highest BCUT2D eigenvalue weighted by Gasteiger charge is 2.21. The molecule has 0 fully saturated rings. The summed E-state index contributed by atoms with van der Waals surface area (Å²) in [7, 11) is 1.58. The average Bonchev–Trinajstić information content (AvgIpc) is 2.46. The van der Waals surface area contributed by atoms with Gasteiger partial charge < -0.3 is 10.0 Å². The van der Waals surface area contributed by atoms with E-state index < -0.39 is 4.92 Å². The Morgan fingerprint density at radius 3 is 2.38 bits per heavy atom. The van der Waals surface area contributed by atoms with Gasteiger partial charge in [0.2, 0.25) is 0 Å². The van der Waals surface area contributed by atoms with Gasteiger partial charge in [-0.15, -0.1) is 0 Å². The number of amides is 1. The van der Waals surface area contributed by atoms with Crippen LogP contribution in [0.25, 0.3) is 0 Å². The van der Waals surface area contributed by atoms with Crippen LogP contribution in [0.3, 0.4) is 0 Å². The van der Waals surface area contributed by atoms with Crippen molar-refractivity contribution in [3.05, 3.63) is 63.7 Å². The lowest BCUT2D eigenvalue weighted by Gasteiger charge is -2.18. The van der Waals surface area contributed by atoms with Gasteiger partial charge in [0.05, 0.1) is 4.92 Å². The van der Waals surface area contributed by atoms with Crippen LogP contribution in [0.15, 0.2) is 42.5 Å². The summed E-state index contributed by atoms with van der Waals surface area (Å²) in [5.41, 5.74) is 1.11. The lowest BCUT2D eigenvalue weighted by atomic mass is 10.1. The third kappa shape index (κ3) is 2.84. The van der Waals surface area contributed by atoms with Crippen molar-refractivity contribution < 1.29 is 14.8 Å². The summed E-state index contributed by atoms with van der Waals surface area (Å²) in [5.74, 6) is -0.243. The standard InChI is InChI=1S/C15H14N2O4/c1-10-13(4-3-5-14(10)17(20)21)15(19)16(2)11-6-8-12(18)9-7-11/h3-9,18H,1-2H3. The van der Waals surface area contributed by atoms with Crippen molar-refractivity contribution in [3.8, 4) is 5.75 Å². The van der Waals surface area contributed by atoms with E-state index >= 15 is 0 Å². The molecule has 0 spiro atoms. The van der Waals surface area contributed by atoms with Crippen molar-refractivity contribution in [1.29, 1.82) is 0 Å². The summed E-state index contributed by atoms with van der Waals surface area (Å²) >= 11 is 0. The highest BCUT2D eigenvalue weighted by molar-refractivity contribution is 6.07. The first-order valence-corrected chi connectivity index (χ1v) is 6.23. The summed E-state index contributed by atoms with van der Waals surface area (Å²) in [4.78, 5) is 24.3. The number of hydrogen-bond donors (Lipinski definition) is 1. The van der Waals surface area contributed by atoms with Crippen LogP contribution < -0.4 is 4.90 Å². The van der Waals surface area contributed by atoms with Gasteiger partial charge in [-0.05, 0) is 37.3 Å². The van der Waals surface area contributed by atoms with E-state index in [0.29, 0.717) is 11.3 Å². The molecule has 0 atom stereocenters. The number of anilines is 1. The fourth-order valence-electron chi connectivity index (χ4n) is 2.03. The zero-order valence-corrected chi connectivity index (χ0v) is 11.6. The van der Waals surface area contributed by atoms with Crippen molar-refractivity contribution in [2.45, 2.75) is 6.92 Å². The molecule has 1 N–H and O–H groups in total. The van der Waals surface area contributed by atoms with Gasteiger partial charge in [-0.25, -0.2) is 0 Å². The summed E-state index contributed by atoms with van der Waals surface area (Å²) in [6, 6.07) is 10.6. The normalized spacial score (nSPS) is 10.2. The third-order valence-corrected chi connectivity index (χ3v) is 3.27. The van der Waals surface area contributed by atoms with Crippen LogP contribution in [-0.4, -0.2) is 23.0 Å². The molecule has 6 heteroatoms. The Morgan fingerprint density at radius 1 is 1.19 bits per heavy atom. The zero-order chi connectivity index (χ0) is 15.6. The Kier molecular flexibility index (Phi) is 3.89. The van der Waals surface area contributed by atoms with E-state index in [9.17, 15) is 20.0 Å². The SMILES string of the molecule is Cc1c(C(=O)N(C)c2ccc(O)cc2)cccc1[N+](=O)[O-]. The molecule has 0 aromatic heterocycles. The summed E-state index contributed by atoms with van der Waals surface area (Å²) in [6.45, 7) is 1.55. The first kappa shape index (κ1) is 14.5. The zero-order valence-electron chi connectivity index (χ0n) is 11.6. The average molecular weight is 286 g/mol. The molecule has 21 heavy (non-hydrogen) atoms. The number of nitro groups is 1. The van der Waals surface area contributed by atoms with Gasteiger partial charge in [0, 0.05) is 29.9 Å². The summed E-state index contributed by atoms with van der Waals surface area (Å²) in [6.07, 6.45) is 0. The lowest BCUT2D eigenvalue weighted by Crippen LogP contribution is -2.27. The number of nitrogens with zero attached hydrogens (tertiary/aromatic N) is 2. The number of benzene rings is 2. The van der Waals surface area contributed by atoms with E-state index in [0.717, 1.165) is 0 Å². The third-order valence-electron chi connectivity index (χ3n) is 3.27. The highest BCUT2D eigenvalue weighted by Crippen LogP contribution is 2.24. The number of nitro benzene ring substituents is 1. The monoisotopic (exact) mass is 286 g/mol. The molecule has 0 bridgehead atoms. The number of hydrogen-bond acceptors (Lipinski definition) is 4. The number of aromatic hydroxyl groups is 1. The molecule has 6 nitrogen and oxygen atoms in total. The second kappa shape index (κ2) is 5.62. The molecule has 108 valence electrons. The molecule has 0 aliphatic rings. The molecular weight excluding hydrogens is 272 g/mol. The Hall–Kier alpha value is -2.89. The minimum absolute atomic E-state index is 0.0834. The van der Waals surface area contributed by atoms with Gasteiger partial charge >= 0.3 is 0 Å². The first-order valence-electron chi connectivity index (χ1n) is 6.23. The largest absolute Gasteiger partial charge is 0.508 e. The van der Waals surface area contributed by atoms with Crippen LogP contribution in [0.2, 0.25) is 0 Å². The van der Waals surface area contributed by atoms with Crippen LogP contribution in [-0.2, 0) is 0 Å². The van der Waals surface area contributed by atoms with Gasteiger partial charge in [0.1, 0.15) is 5.75 Å². The minimum Gasteiger partial charge on any atom is -0.508 e. The van der Waals surface area contributed by atoms with Gasteiger partial charge in [0.25, 0.3) is 11.6 Å². The number of carbonyl (C=O) groups excluding carboxylic acids is 1. The number of phenols is 1. The molecule has 2 aromatic rings. The molecule has 2 aromatic carbocycles. The highest BCUT2D eigenvalue weighted by atomic mass is 16.6. The number of phenolic OH excluding ortho intramolecular Hbond substituents is 1. The van der Waals surface area contributed by atoms with Gasteiger partial charge in [-0.3, -0.25) is 14.9 Å². The summed E-state index contributed by atoms with van der Waals surface area (Å²) in [5, 5.41) is 20.2. The van der Waals surface area contributed by atoms with Gasteiger partial charge in [0.15, 0.2) is 0 Å². The van der Waals surface area contributed by atoms with Crippen LogP contribution in [0.1, 0.15) is 15.9 Å². The van der Waals surface area contributed by atoms with Crippen LogP contribution in [0, 0.1) is 17.0 Å². The Balaban J connectivity index is 2.38. The van der Waals surface area contributed by atoms with Crippen molar-refractivity contribution in [2.75, 3.05) is 11.9 Å². The molecule has 0 saturated heterocycles. The molecule has 0 unspecified atom stereocenters. The predicted octanol–water partition coefficient (Wildman–Crippen LogP) is 2.89. The van der Waals surface area contributed by atoms with Crippen molar-refractivity contribution in [2.24, 2.45) is 0 Å². The van der Waals surface area contributed by atoms with Crippen LogP contribution >= 0.6 is 0 Å². The fourth-order valence-corrected chi connectivity index (χ4v) is 2.03. The smallest absolute Gasteiger partial charge is 0.273 e. The van der Waals surface area contributed by atoms with E-state index in [1.165, 1.54) is 29.2 Å². The second-order valence-corrected chi connectivity index (χ2v) is 4.59.